The topological polar surface area (TPSA) is 79.5 Å². The summed E-state index contributed by atoms with van der Waals surface area (Å²) in [6, 6.07) is 1.74. The van der Waals surface area contributed by atoms with Gasteiger partial charge in [-0.2, -0.15) is 8.78 Å². The molecule has 1 aromatic heterocycles. The lowest BCUT2D eigenvalue weighted by Gasteiger charge is -2.15. The molecular formula is C13H17F2NO4S. The predicted molar refractivity (Wildman–Crippen MR) is 74.4 cm³/mol. The maximum Gasteiger partial charge on any atom is 0.326 e. The van der Waals surface area contributed by atoms with E-state index in [0.717, 1.165) is 0 Å². The number of carbonyl (C=O) groups excluding carboxylic acids is 1. The lowest BCUT2D eigenvalue weighted by atomic mass is 10.0. The van der Waals surface area contributed by atoms with Crippen LogP contribution in [0.3, 0.4) is 0 Å². The summed E-state index contributed by atoms with van der Waals surface area (Å²) < 4.78 is 29.2. The molecule has 118 valence electrons. The second kappa shape index (κ2) is 8.02. The van der Waals surface area contributed by atoms with Crippen LogP contribution in [-0.2, 0) is 10.5 Å². The van der Waals surface area contributed by atoms with Gasteiger partial charge in [0.15, 0.2) is 5.76 Å². The second-order valence-electron chi connectivity index (χ2n) is 4.83. The van der Waals surface area contributed by atoms with Gasteiger partial charge in [0.05, 0.1) is 5.75 Å². The molecule has 8 heteroatoms. The fourth-order valence-electron chi connectivity index (χ4n) is 1.64. The van der Waals surface area contributed by atoms with Gasteiger partial charge in [-0.3, -0.25) is 4.79 Å². The number of hydrogen-bond acceptors (Lipinski definition) is 4. The highest BCUT2D eigenvalue weighted by Gasteiger charge is 2.23. The van der Waals surface area contributed by atoms with E-state index in [1.54, 1.807) is 0 Å². The Kier molecular flexibility index (Phi) is 6.67. The van der Waals surface area contributed by atoms with Crippen LogP contribution in [0.15, 0.2) is 16.5 Å². The van der Waals surface area contributed by atoms with Crippen LogP contribution in [-0.4, -0.2) is 28.8 Å². The third kappa shape index (κ3) is 6.16. The molecule has 0 bridgehead atoms. The molecule has 0 saturated carbocycles. The standard InChI is InChI=1S/C13H17F2NO4S/c1-7(2)5-9(12(18)19)16-11(17)10-4-3-8(20-10)6-21-13(14)15/h3-4,7,9,13H,5-6H2,1-2H3,(H,16,17)(H,18,19). The molecule has 21 heavy (non-hydrogen) atoms. The number of carbonyl (C=O) groups is 2. The molecule has 0 aromatic carbocycles. The van der Waals surface area contributed by atoms with Crippen molar-refractivity contribution < 1.29 is 27.9 Å². The third-order valence-corrected chi connectivity index (χ3v) is 3.25. The molecule has 1 heterocycles. The van der Waals surface area contributed by atoms with Crippen molar-refractivity contribution >= 4 is 23.6 Å². The van der Waals surface area contributed by atoms with Gasteiger partial charge in [-0.25, -0.2) is 4.79 Å². The largest absolute Gasteiger partial charge is 0.480 e. The molecule has 1 atom stereocenters. The summed E-state index contributed by atoms with van der Waals surface area (Å²) >= 11 is 0.384. The van der Waals surface area contributed by atoms with Gasteiger partial charge in [0, 0.05) is 0 Å². The van der Waals surface area contributed by atoms with Gasteiger partial charge >= 0.3 is 5.97 Å². The minimum Gasteiger partial charge on any atom is -0.480 e. The number of aliphatic carboxylic acids is 1. The zero-order valence-corrected chi connectivity index (χ0v) is 12.5. The number of alkyl halides is 2. The SMILES string of the molecule is CC(C)CC(NC(=O)c1ccc(CSC(F)F)o1)C(=O)O. The number of furan rings is 1. The first kappa shape index (κ1) is 17.5. The average Bonchev–Trinajstić information content (AvgIpc) is 2.83. The summed E-state index contributed by atoms with van der Waals surface area (Å²) in [7, 11) is 0. The van der Waals surface area contributed by atoms with Crippen molar-refractivity contribution in [1.82, 2.24) is 5.32 Å². The maximum atomic E-state index is 12.0. The minimum atomic E-state index is -2.52. The van der Waals surface area contributed by atoms with Crippen molar-refractivity contribution in [3.05, 3.63) is 23.7 Å². The Morgan fingerprint density at radius 1 is 1.38 bits per heavy atom. The van der Waals surface area contributed by atoms with Crippen LogP contribution in [0.5, 0.6) is 0 Å². The van der Waals surface area contributed by atoms with Gasteiger partial charge in [-0.15, -0.1) is 0 Å². The van der Waals surface area contributed by atoms with Crippen LogP contribution in [0, 0.1) is 5.92 Å². The van der Waals surface area contributed by atoms with E-state index in [4.69, 9.17) is 9.52 Å². The van der Waals surface area contributed by atoms with Crippen molar-refractivity contribution in [1.29, 1.82) is 0 Å². The van der Waals surface area contributed by atoms with E-state index >= 15 is 0 Å². The fourth-order valence-corrected chi connectivity index (χ4v) is 2.09. The Balaban J connectivity index is 2.63. The third-order valence-electron chi connectivity index (χ3n) is 2.55. The molecule has 0 aliphatic carbocycles. The molecule has 0 aliphatic rings. The number of amides is 1. The quantitative estimate of drug-likeness (QED) is 0.769. The Morgan fingerprint density at radius 3 is 2.57 bits per heavy atom. The predicted octanol–water partition coefficient (Wildman–Crippen LogP) is 2.96. The highest BCUT2D eigenvalue weighted by molar-refractivity contribution is 7.98. The van der Waals surface area contributed by atoms with Crippen molar-refractivity contribution in [3.63, 3.8) is 0 Å². The molecule has 0 spiro atoms. The van der Waals surface area contributed by atoms with E-state index in [1.807, 2.05) is 13.8 Å². The molecule has 1 aromatic rings. The Morgan fingerprint density at radius 2 is 2.05 bits per heavy atom. The number of carboxylic acids is 1. The fraction of sp³-hybridized carbons (Fsp3) is 0.538. The van der Waals surface area contributed by atoms with Crippen molar-refractivity contribution in [2.24, 2.45) is 5.92 Å². The van der Waals surface area contributed by atoms with Crippen LogP contribution in [0.1, 0.15) is 36.6 Å². The van der Waals surface area contributed by atoms with Gasteiger partial charge in [-0.1, -0.05) is 25.6 Å². The van der Waals surface area contributed by atoms with Gasteiger partial charge < -0.3 is 14.8 Å². The highest BCUT2D eigenvalue weighted by Crippen LogP contribution is 2.21. The maximum absolute atomic E-state index is 12.0. The zero-order chi connectivity index (χ0) is 16.0. The summed E-state index contributed by atoms with van der Waals surface area (Å²) in [6.07, 6.45) is 0.288. The van der Waals surface area contributed by atoms with E-state index in [9.17, 15) is 18.4 Å². The molecule has 2 N–H and O–H groups in total. The number of hydrogen-bond donors (Lipinski definition) is 2. The van der Waals surface area contributed by atoms with Crippen molar-refractivity contribution in [2.75, 3.05) is 0 Å². The number of thioether (sulfide) groups is 1. The molecule has 5 nitrogen and oxygen atoms in total. The minimum absolute atomic E-state index is 0.0563. The zero-order valence-electron chi connectivity index (χ0n) is 11.6. The Hall–Kier alpha value is -1.57. The van der Waals surface area contributed by atoms with Gasteiger partial charge in [-0.05, 0) is 24.5 Å². The first-order valence-electron chi connectivity index (χ1n) is 6.31. The normalized spacial score (nSPS) is 12.7. The van der Waals surface area contributed by atoms with Crippen LogP contribution >= 0.6 is 11.8 Å². The molecule has 0 aliphatic heterocycles. The summed E-state index contributed by atoms with van der Waals surface area (Å²) in [5, 5.41) is 11.4. The molecule has 1 rings (SSSR count). The number of rotatable bonds is 8. The summed E-state index contributed by atoms with van der Waals surface area (Å²) in [5.74, 6) is -4.13. The van der Waals surface area contributed by atoms with Gasteiger partial charge in [0.25, 0.3) is 11.7 Å². The monoisotopic (exact) mass is 321 g/mol. The number of nitrogens with one attached hydrogen (secondary N) is 1. The first-order valence-corrected chi connectivity index (χ1v) is 7.36. The lowest BCUT2D eigenvalue weighted by molar-refractivity contribution is -0.139. The van der Waals surface area contributed by atoms with Crippen LogP contribution < -0.4 is 5.32 Å². The number of halogens is 2. The van der Waals surface area contributed by atoms with Crippen LogP contribution in [0.4, 0.5) is 8.78 Å². The Labute approximate surface area is 125 Å². The molecule has 0 fully saturated rings. The molecule has 1 amide bonds. The highest BCUT2D eigenvalue weighted by atomic mass is 32.2. The molecule has 1 unspecified atom stereocenters. The van der Waals surface area contributed by atoms with Gasteiger partial charge in [0.1, 0.15) is 11.8 Å². The van der Waals surface area contributed by atoms with E-state index in [-0.39, 0.29) is 29.6 Å². The average molecular weight is 321 g/mol. The molecular weight excluding hydrogens is 304 g/mol. The van der Waals surface area contributed by atoms with Gasteiger partial charge in [0.2, 0.25) is 0 Å². The Bertz CT molecular complexity index is 490. The van der Waals surface area contributed by atoms with E-state index < -0.39 is 23.7 Å². The smallest absolute Gasteiger partial charge is 0.326 e. The lowest BCUT2D eigenvalue weighted by Crippen LogP contribution is -2.41. The summed E-state index contributed by atoms with van der Waals surface area (Å²) in [4.78, 5) is 22.9. The van der Waals surface area contributed by atoms with E-state index in [0.29, 0.717) is 11.8 Å². The molecule has 0 saturated heterocycles. The first-order chi connectivity index (χ1) is 9.79. The van der Waals surface area contributed by atoms with Crippen LogP contribution in [0.2, 0.25) is 0 Å². The van der Waals surface area contributed by atoms with Crippen molar-refractivity contribution in [2.45, 2.75) is 37.8 Å². The number of carboxylic acid groups (broad SMARTS) is 1. The van der Waals surface area contributed by atoms with Crippen LogP contribution in [0.25, 0.3) is 0 Å². The van der Waals surface area contributed by atoms with Crippen molar-refractivity contribution in [3.8, 4) is 0 Å². The second-order valence-corrected chi connectivity index (χ2v) is 5.81. The van der Waals surface area contributed by atoms with E-state index in [2.05, 4.69) is 5.32 Å². The molecule has 0 radical (unpaired) electrons. The summed E-state index contributed by atoms with van der Waals surface area (Å²) in [6.45, 7) is 3.68. The van der Waals surface area contributed by atoms with E-state index in [1.165, 1.54) is 12.1 Å². The summed E-state index contributed by atoms with van der Waals surface area (Å²) in [5.41, 5.74) is 0.